The Morgan fingerprint density at radius 1 is 1.28 bits per heavy atom. The van der Waals surface area contributed by atoms with E-state index in [1.807, 2.05) is 12.1 Å². The number of hydrogen-bond donors (Lipinski definition) is 1. The second-order valence-corrected chi connectivity index (χ2v) is 7.23. The lowest BCUT2D eigenvalue weighted by Crippen LogP contribution is -2.35. The molecular weight excluding hydrogens is 400 g/mol. The van der Waals surface area contributed by atoms with Crippen molar-refractivity contribution in [2.75, 3.05) is 33.4 Å². The van der Waals surface area contributed by atoms with E-state index in [1.54, 1.807) is 12.1 Å². The SMILES string of the molecule is COc1ccc([N+](=O)[O-])c(OCC(O)CN2CCC(Oc3ccc(Cl)cc3)C2)c1. The number of benzene rings is 2. The molecule has 3 rings (SSSR count). The molecule has 1 aliphatic heterocycles. The van der Waals surface area contributed by atoms with E-state index >= 15 is 0 Å². The van der Waals surface area contributed by atoms with E-state index in [1.165, 1.54) is 25.3 Å². The summed E-state index contributed by atoms with van der Waals surface area (Å²) in [6, 6.07) is 11.5. The fraction of sp³-hybridized carbons (Fsp3) is 0.400. The minimum atomic E-state index is -0.796. The Morgan fingerprint density at radius 3 is 2.69 bits per heavy atom. The number of β-amino-alcohol motifs (C(OH)–C–C–N with tert-alkyl or cyclic N) is 1. The number of ether oxygens (including phenoxy) is 3. The van der Waals surface area contributed by atoms with Gasteiger partial charge in [0.25, 0.3) is 0 Å². The van der Waals surface area contributed by atoms with Gasteiger partial charge < -0.3 is 19.3 Å². The molecule has 0 bridgehead atoms. The number of aliphatic hydroxyl groups excluding tert-OH is 1. The molecular formula is C20H23ClN2O6. The summed E-state index contributed by atoms with van der Waals surface area (Å²) < 4.78 is 16.5. The van der Waals surface area contributed by atoms with E-state index in [9.17, 15) is 15.2 Å². The fourth-order valence-corrected chi connectivity index (χ4v) is 3.32. The Morgan fingerprint density at radius 2 is 2.00 bits per heavy atom. The average molecular weight is 423 g/mol. The minimum Gasteiger partial charge on any atom is -0.497 e. The molecule has 2 aromatic rings. The van der Waals surface area contributed by atoms with Gasteiger partial charge in [0.15, 0.2) is 0 Å². The molecule has 1 aliphatic rings. The van der Waals surface area contributed by atoms with Crippen LogP contribution in [0.5, 0.6) is 17.2 Å². The molecule has 29 heavy (non-hydrogen) atoms. The third-order valence-corrected chi connectivity index (χ3v) is 4.86. The lowest BCUT2D eigenvalue weighted by atomic mass is 10.2. The van der Waals surface area contributed by atoms with Crippen LogP contribution in [0.4, 0.5) is 5.69 Å². The molecule has 0 radical (unpaired) electrons. The molecule has 0 saturated carbocycles. The van der Waals surface area contributed by atoms with Gasteiger partial charge >= 0.3 is 5.69 Å². The summed E-state index contributed by atoms with van der Waals surface area (Å²) in [4.78, 5) is 12.7. The van der Waals surface area contributed by atoms with E-state index in [0.29, 0.717) is 23.9 Å². The Labute approximate surface area is 173 Å². The Hall–Kier alpha value is -2.55. The van der Waals surface area contributed by atoms with E-state index in [2.05, 4.69) is 4.90 Å². The molecule has 2 aromatic carbocycles. The van der Waals surface area contributed by atoms with Crippen molar-refractivity contribution >= 4 is 17.3 Å². The molecule has 0 aromatic heterocycles. The highest BCUT2D eigenvalue weighted by Crippen LogP contribution is 2.31. The van der Waals surface area contributed by atoms with E-state index in [4.69, 9.17) is 25.8 Å². The standard InChI is InChI=1S/C20H23ClN2O6/c1-27-17-6-7-19(23(25)26)20(10-17)28-13-15(24)11-22-9-8-18(12-22)29-16-4-2-14(21)3-5-16/h2-7,10,15,18,24H,8-9,11-13H2,1H3. The largest absolute Gasteiger partial charge is 0.497 e. The highest BCUT2D eigenvalue weighted by atomic mass is 35.5. The summed E-state index contributed by atoms with van der Waals surface area (Å²) in [5.41, 5.74) is -0.171. The third-order valence-electron chi connectivity index (χ3n) is 4.61. The molecule has 1 saturated heterocycles. The van der Waals surface area contributed by atoms with Gasteiger partial charge in [0.1, 0.15) is 30.3 Å². The summed E-state index contributed by atoms with van der Waals surface area (Å²) in [6.45, 7) is 1.79. The van der Waals surface area contributed by atoms with Gasteiger partial charge in [0.2, 0.25) is 5.75 Å². The Kier molecular flexibility index (Phi) is 7.13. The van der Waals surface area contributed by atoms with E-state index in [-0.39, 0.29) is 24.1 Å². The summed E-state index contributed by atoms with van der Waals surface area (Å²) in [6.07, 6.45) is 0.0798. The van der Waals surface area contributed by atoms with Crippen LogP contribution in [0.15, 0.2) is 42.5 Å². The molecule has 1 N–H and O–H groups in total. The lowest BCUT2D eigenvalue weighted by Gasteiger charge is -2.20. The predicted octanol–water partition coefficient (Wildman–Crippen LogP) is 3.15. The van der Waals surface area contributed by atoms with Crippen LogP contribution in [-0.2, 0) is 0 Å². The molecule has 1 heterocycles. The number of halogens is 1. The number of nitro benzene ring substituents is 1. The molecule has 0 aliphatic carbocycles. The molecule has 9 heteroatoms. The number of hydrogen-bond acceptors (Lipinski definition) is 7. The van der Waals surface area contributed by atoms with Crippen molar-refractivity contribution in [3.63, 3.8) is 0 Å². The smallest absolute Gasteiger partial charge is 0.311 e. The summed E-state index contributed by atoms with van der Waals surface area (Å²) in [5, 5.41) is 22.1. The van der Waals surface area contributed by atoms with E-state index < -0.39 is 11.0 Å². The minimum absolute atomic E-state index is 0.0313. The first-order valence-corrected chi connectivity index (χ1v) is 9.60. The molecule has 8 nitrogen and oxygen atoms in total. The highest BCUT2D eigenvalue weighted by Gasteiger charge is 2.26. The van der Waals surface area contributed by atoms with Crippen LogP contribution in [0.2, 0.25) is 5.02 Å². The number of rotatable bonds is 9. The normalized spacial score (nSPS) is 17.7. The van der Waals surface area contributed by atoms with Crippen LogP contribution < -0.4 is 14.2 Å². The van der Waals surface area contributed by atoms with Gasteiger partial charge in [-0.25, -0.2) is 0 Å². The maximum absolute atomic E-state index is 11.1. The van der Waals surface area contributed by atoms with Crippen molar-refractivity contribution in [2.45, 2.75) is 18.6 Å². The third kappa shape index (κ3) is 5.96. The van der Waals surface area contributed by atoms with Gasteiger partial charge in [0, 0.05) is 36.8 Å². The lowest BCUT2D eigenvalue weighted by molar-refractivity contribution is -0.385. The Balaban J connectivity index is 1.48. The number of methoxy groups -OCH3 is 1. The highest BCUT2D eigenvalue weighted by molar-refractivity contribution is 6.30. The zero-order valence-electron chi connectivity index (χ0n) is 16.0. The topological polar surface area (TPSA) is 94.3 Å². The van der Waals surface area contributed by atoms with Crippen molar-refractivity contribution in [1.82, 2.24) is 4.90 Å². The molecule has 0 amide bonds. The Bertz CT molecular complexity index is 832. The molecule has 0 spiro atoms. The zero-order chi connectivity index (χ0) is 20.8. The number of nitro groups is 1. The molecule has 156 valence electrons. The summed E-state index contributed by atoms with van der Waals surface area (Å²) in [7, 11) is 1.47. The van der Waals surface area contributed by atoms with Crippen molar-refractivity contribution in [3.05, 3.63) is 57.6 Å². The maximum atomic E-state index is 11.1. The van der Waals surface area contributed by atoms with Crippen LogP contribution in [0.25, 0.3) is 0 Å². The molecule has 2 atom stereocenters. The molecule has 1 fully saturated rings. The number of likely N-dealkylation sites (tertiary alicyclic amines) is 1. The van der Waals surface area contributed by atoms with Crippen molar-refractivity contribution in [1.29, 1.82) is 0 Å². The van der Waals surface area contributed by atoms with Crippen LogP contribution in [0, 0.1) is 10.1 Å². The van der Waals surface area contributed by atoms with Crippen LogP contribution in [-0.4, -0.2) is 60.5 Å². The zero-order valence-corrected chi connectivity index (χ0v) is 16.7. The van der Waals surface area contributed by atoms with Crippen LogP contribution in [0.1, 0.15) is 6.42 Å². The van der Waals surface area contributed by atoms with Gasteiger partial charge in [-0.15, -0.1) is 0 Å². The fourth-order valence-electron chi connectivity index (χ4n) is 3.19. The second kappa shape index (κ2) is 9.78. The first kappa shape index (κ1) is 21.2. The summed E-state index contributed by atoms with van der Waals surface area (Å²) in [5.74, 6) is 1.27. The number of aliphatic hydroxyl groups is 1. The van der Waals surface area contributed by atoms with Crippen molar-refractivity contribution in [3.8, 4) is 17.2 Å². The monoisotopic (exact) mass is 422 g/mol. The van der Waals surface area contributed by atoms with E-state index in [0.717, 1.165) is 18.7 Å². The van der Waals surface area contributed by atoms with Crippen molar-refractivity contribution in [2.24, 2.45) is 0 Å². The maximum Gasteiger partial charge on any atom is 0.311 e. The van der Waals surface area contributed by atoms with Gasteiger partial charge in [-0.2, -0.15) is 0 Å². The van der Waals surface area contributed by atoms with Crippen LogP contribution >= 0.6 is 11.6 Å². The van der Waals surface area contributed by atoms with Gasteiger partial charge in [0.05, 0.1) is 12.0 Å². The van der Waals surface area contributed by atoms with Crippen LogP contribution in [0.3, 0.4) is 0 Å². The van der Waals surface area contributed by atoms with Crippen molar-refractivity contribution < 1.29 is 24.2 Å². The van der Waals surface area contributed by atoms with Gasteiger partial charge in [-0.1, -0.05) is 11.6 Å². The quantitative estimate of drug-likeness (QED) is 0.490. The predicted molar refractivity (Wildman–Crippen MR) is 108 cm³/mol. The summed E-state index contributed by atoms with van der Waals surface area (Å²) >= 11 is 5.88. The first-order valence-electron chi connectivity index (χ1n) is 9.22. The number of nitrogens with zero attached hydrogens (tertiary/aromatic N) is 2. The average Bonchev–Trinajstić information content (AvgIpc) is 3.14. The first-order chi connectivity index (χ1) is 13.9. The van der Waals surface area contributed by atoms with Gasteiger partial charge in [-0.3, -0.25) is 15.0 Å². The molecule has 2 unspecified atom stereocenters. The van der Waals surface area contributed by atoms with Gasteiger partial charge in [-0.05, 0) is 36.8 Å². The second-order valence-electron chi connectivity index (χ2n) is 6.80.